The van der Waals surface area contributed by atoms with Crippen LogP contribution in [0.25, 0.3) is 0 Å². The number of halogens is 4. The van der Waals surface area contributed by atoms with Gasteiger partial charge in [-0.05, 0) is 112 Å². The van der Waals surface area contributed by atoms with Gasteiger partial charge in [0.2, 0.25) is 0 Å². The first-order chi connectivity index (χ1) is 15.3. The Morgan fingerprint density at radius 1 is 0.875 bits per heavy atom. The summed E-state index contributed by atoms with van der Waals surface area (Å²) in [6.07, 6.45) is 10.3. The molecule has 180 valence electrons. The van der Waals surface area contributed by atoms with Crippen LogP contribution in [0.4, 0.5) is 17.6 Å². The van der Waals surface area contributed by atoms with E-state index in [0.717, 1.165) is 55.1 Å². The quantitative estimate of drug-likeness (QED) is 0.402. The van der Waals surface area contributed by atoms with Crippen LogP contribution >= 0.6 is 0 Å². The summed E-state index contributed by atoms with van der Waals surface area (Å²) in [5.41, 5.74) is 0.791. The molecule has 0 spiro atoms. The molecule has 1 heterocycles. The molecule has 0 radical (unpaired) electrons. The molecule has 2 atom stereocenters. The minimum atomic E-state index is -4.87. The molecule has 0 aromatic heterocycles. The van der Waals surface area contributed by atoms with E-state index in [9.17, 15) is 17.6 Å². The van der Waals surface area contributed by atoms with Crippen molar-refractivity contribution in [1.29, 1.82) is 0 Å². The van der Waals surface area contributed by atoms with Gasteiger partial charge in [0.15, 0.2) is 11.6 Å². The standard InChI is InChI=1S/C26H36F4O2/c1-2-3-22-13-15-24(31-22)20-10-8-18(9-11-20)17-4-6-19(7-5-17)21-12-14-25(23(27)16-21)32-26(28,29)30/h12,14,16-20,22,24H,2-11,13,15H2,1H3. The van der Waals surface area contributed by atoms with Crippen LogP contribution in [-0.2, 0) is 4.74 Å². The Balaban J connectivity index is 1.23. The van der Waals surface area contributed by atoms with Crippen LogP contribution in [0.5, 0.6) is 5.75 Å². The summed E-state index contributed by atoms with van der Waals surface area (Å²) < 4.78 is 61.3. The van der Waals surface area contributed by atoms with Gasteiger partial charge in [-0.25, -0.2) is 4.39 Å². The lowest BCUT2D eigenvalue weighted by Gasteiger charge is -2.39. The zero-order valence-corrected chi connectivity index (χ0v) is 19.0. The SMILES string of the molecule is CCCC1CCC(C2CCC(C3CCC(c4ccc(OC(F)(F)F)c(F)c4)CC3)CC2)O1. The second kappa shape index (κ2) is 10.3. The fourth-order valence-electron chi connectivity index (χ4n) is 6.51. The molecule has 4 rings (SSSR count). The van der Waals surface area contributed by atoms with Crippen molar-refractivity contribution in [3.8, 4) is 5.75 Å². The second-order valence-corrected chi connectivity index (χ2v) is 10.2. The Morgan fingerprint density at radius 2 is 1.50 bits per heavy atom. The van der Waals surface area contributed by atoms with Gasteiger partial charge >= 0.3 is 6.36 Å². The fourth-order valence-corrected chi connectivity index (χ4v) is 6.51. The second-order valence-electron chi connectivity index (χ2n) is 10.2. The number of rotatable bonds is 6. The van der Waals surface area contributed by atoms with Crippen molar-refractivity contribution < 1.29 is 27.0 Å². The number of hydrogen-bond acceptors (Lipinski definition) is 2. The van der Waals surface area contributed by atoms with Gasteiger partial charge in [-0.2, -0.15) is 0 Å². The Kier molecular flexibility index (Phi) is 7.69. The van der Waals surface area contributed by atoms with Gasteiger partial charge in [0, 0.05) is 0 Å². The normalized spacial score (nSPS) is 33.9. The molecule has 3 aliphatic rings. The summed E-state index contributed by atoms with van der Waals surface area (Å²) in [4.78, 5) is 0. The van der Waals surface area contributed by atoms with Crippen molar-refractivity contribution in [2.75, 3.05) is 0 Å². The maximum Gasteiger partial charge on any atom is 0.573 e. The van der Waals surface area contributed by atoms with E-state index >= 15 is 0 Å². The van der Waals surface area contributed by atoms with Gasteiger partial charge in [-0.3, -0.25) is 0 Å². The third-order valence-corrected chi connectivity index (χ3v) is 8.18. The van der Waals surface area contributed by atoms with Gasteiger partial charge in [-0.1, -0.05) is 19.4 Å². The molecule has 1 aliphatic heterocycles. The molecule has 1 saturated heterocycles. The molecule has 2 saturated carbocycles. The summed E-state index contributed by atoms with van der Waals surface area (Å²) in [7, 11) is 0. The zero-order chi connectivity index (χ0) is 22.7. The molecule has 6 heteroatoms. The molecule has 0 N–H and O–H groups in total. The average molecular weight is 457 g/mol. The summed E-state index contributed by atoms with van der Waals surface area (Å²) in [6.45, 7) is 2.23. The van der Waals surface area contributed by atoms with E-state index in [0.29, 0.717) is 12.2 Å². The largest absolute Gasteiger partial charge is 0.573 e. The Morgan fingerprint density at radius 3 is 2.09 bits per heavy atom. The Bertz CT molecular complexity index is 734. The molecular weight excluding hydrogens is 420 g/mol. The van der Waals surface area contributed by atoms with Crippen LogP contribution < -0.4 is 4.74 Å². The average Bonchev–Trinajstić information content (AvgIpc) is 3.24. The van der Waals surface area contributed by atoms with E-state index in [1.54, 1.807) is 6.07 Å². The summed E-state index contributed by atoms with van der Waals surface area (Å²) in [6, 6.07) is 3.93. The van der Waals surface area contributed by atoms with E-state index < -0.39 is 17.9 Å². The van der Waals surface area contributed by atoms with Crippen LogP contribution in [0.2, 0.25) is 0 Å². The molecule has 2 nitrogen and oxygen atoms in total. The zero-order valence-electron chi connectivity index (χ0n) is 19.0. The molecule has 1 aromatic rings. The first-order valence-corrected chi connectivity index (χ1v) is 12.5. The van der Waals surface area contributed by atoms with Gasteiger partial charge < -0.3 is 9.47 Å². The van der Waals surface area contributed by atoms with E-state index in [1.807, 2.05) is 0 Å². The fraction of sp³-hybridized carbons (Fsp3) is 0.769. The van der Waals surface area contributed by atoms with Gasteiger partial charge in [0.1, 0.15) is 0 Å². The van der Waals surface area contributed by atoms with Crippen molar-refractivity contribution in [3.05, 3.63) is 29.6 Å². The van der Waals surface area contributed by atoms with Gasteiger partial charge in [0.05, 0.1) is 12.2 Å². The third-order valence-electron chi connectivity index (χ3n) is 8.18. The highest BCUT2D eigenvalue weighted by Gasteiger charge is 2.37. The molecule has 1 aromatic carbocycles. The lowest BCUT2D eigenvalue weighted by molar-refractivity contribution is -0.275. The summed E-state index contributed by atoms with van der Waals surface area (Å²) in [5.74, 6) is 0.764. The monoisotopic (exact) mass is 456 g/mol. The third kappa shape index (κ3) is 5.98. The number of ether oxygens (including phenoxy) is 2. The molecular formula is C26H36F4O2. The highest BCUT2D eigenvalue weighted by Crippen LogP contribution is 2.46. The van der Waals surface area contributed by atoms with Crippen LogP contribution in [0, 0.1) is 23.6 Å². The van der Waals surface area contributed by atoms with E-state index in [2.05, 4.69) is 11.7 Å². The van der Waals surface area contributed by atoms with Crippen molar-refractivity contribution in [3.63, 3.8) is 0 Å². The van der Waals surface area contributed by atoms with Gasteiger partial charge in [-0.15, -0.1) is 13.2 Å². The number of hydrogen-bond donors (Lipinski definition) is 0. The van der Waals surface area contributed by atoms with Crippen LogP contribution in [0.15, 0.2) is 18.2 Å². The van der Waals surface area contributed by atoms with Crippen molar-refractivity contribution in [1.82, 2.24) is 0 Å². The first kappa shape index (κ1) is 23.8. The smallest absolute Gasteiger partial charge is 0.403 e. The molecule has 3 fully saturated rings. The predicted octanol–water partition coefficient (Wildman–Crippen LogP) is 8.15. The Hall–Kier alpha value is -1.30. The van der Waals surface area contributed by atoms with E-state index in [1.165, 1.54) is 57.4 Å². The summed E-state index contributed by atoms with van der Waals surface area (Å²) in [5, 5.41) is 0. The molecule has 2 aliphatic carbocycles. The van der Waals surface area contributed by atoms with Crippen LogP contribution in [-0.4, -0.2) is 18.6 Å². The lowest BCUT2D eigenvalue weighted by atomic mass is 9.67. The summed E-state index contributed by atoms with van der Waals surface area (Å²) >= 11 is 0. The molecule has 0 amide bonds. The van der Waals surface area contributed by atoms with E-state index in [4.69, 9.17) is 4.74 Å². The van der Waals surface area contributed by atoms with Crippen molar-refractivity contribution >= 4 is 0 Å². The van der Waals surface area contributed by atoms with Crippen molar-refractivity contribution in [2.45, 2.75) is 108 Å². The molecule has 0 bridgehead atoms. The Labute approximate surface area is 189 Å². The molecule has 32 heavy (non-hydrogen) atoms. The topological polar surface area (TPSA) is 18.5 Å². The minimum Gasteiger partial charge on any atom is -0.403 e. The first-order valence-electron chi connectivity index (χ1n) is 12.5. The van der Waals surface area contributed by atoms with E-state index in [-0.39, 0.29) is 5.92 Å². The predicted molar refractivity (Wildman–Crippen MR) is 116 cm³/mol. The highest BCUT2D eigenvalue weighted by atomic mass is 19.4. The van der Waals surface area contributed by atoms with Crippen molar-refractivity contribution in [2.24, 2.45) is 17.8 Å². The van der Waals surface area contributed by atoms with Crippen LogP contribution in [0.3, 0.4) is 0 Å². The number of alkyl halides is 3. The van der Waals surface area contributed by atoms with Gasteiger partial charge in [0.25, 0.3) is 0 Å². The maximum atomic E-state index is 14.1. The van der Waals surface area contributed by atoms with Crippen LogP contribution in [0.1, 0.15) is 95.5 Å². The lowest BCUT2D eigenvalue weighted by Crippen LogP contribution is -2.30. The minimum absolute atomic E-state index is 0.222. The maximum absolute atomic E-state index is 14.1. The number of benzene rings is 1. The highest BCUT2D eigenvalue weighted by molar-refractivity contribution is 5.31. The molecule has 2 unspecified atom stereocenters.